The number of likely N-dealkylation sites (tertiary alicyclic amines) is 1. The molecular weight excluding hydrogens is 513 g/mol. The van der Waals surface area contributed by atoms with Gasteiger partial charge in [-0.3, -0.25) is 9.47 Å². The second-order valence-electron chi connectivity index (χ2n) is 10.8. The lowest BCUT2D eigenvalue weighted by Crippen LogP contribution is -2.59. The van der Waals surface area contributed by atoms with Crippen LogP contribution in [-0.4, -0.2) is 50.6 Å². The Morgan fingerprint density at radius 1 is 0.902 bits per heavy atom. The Kier molecular flexibility index (Phi) is 7.51. The van der Waals surface area contributed by atoms with Gasteiger partial charge in [0.15, 0.2) is 11.5 Å². The van der Waals surface area contributed by atoms with Crippen LogP contribution in [0.4, 0.5) is 10.2 Å². The zero-order valence-electron chi connectivity index (χ0n) is 23.6. The third kappa shape index (κ3) is 5.33. The number of fused-ring (bicyclic) bond motifs is 1. The quantitative estimate of drug-likeness (QED) is 0.276. The molecule has 41 heavy (non-hydrogen) atoms. The number of aromatic nitrogens is 4. The summed E-state index contributed by atoms with van der Waals surface area (Å²) in [5.74, 6) is 0.820. The van der Waals surface area contributed by atoms with Gasteiger partial charge in [0.05, 0.1) is 11.3 Å². The Labute approximate surface area is 240 Å². The van der Waals surface area contributed by atoms with Crippen molar-refractivity contribution in [1.29, 1.82) is 0 Å². The second kappa shape index (κ2) is 11.4. The molecule has 7 rings (SSSR count). The molecule has 3 N–H and O–H groups in total. The normalized spacial score (nSPS) is 16.3. The standard InChI is InChI=1S/C31H30FN7.C2H6/c32-23-7-5-22(6-8-23)26-11-12-27-30(36-26)39(29(37-27)25-2-1-15-35-28(25)33)24-9-3-21(4-10-24)18-38-19-31(20-38)13-16-34-17-14-31;1-2/h1-12,15,34H,13-14,16-20H2,(H2,33,35);1-2H3. The van der Waals surface area contributed by atoms with Gasteiger partial charge in [0.1, 0.15) is 17.2 Å². The number of imidazole rings is 1. The number of piperidine rings is 1. The summed E-state index contributed by atoms with van der Waals surface area (Å²) in [5, 5.41) is 3.48. The molecule has 0 unspecified atom stereocenters. The summed E-state index contributed by atoms with van der Waals surface area (Å²) in [4.78, 5) is 16.7. The molecule has 8 heteroatoms. The minimum absolute atomic E-state index is 0.275. The highest BCUT2D eigenvalue weighted by atomic mass is 19.1. The first kappa shape index (κ1) is 27.1. The van der Waals surface area contributed by atoms with Crippen molar-refractivity contribution in [1.82, 2.24) is 29.7 Å². The van der Waals surface area contributed by atoms with E-state index in [2.05, 4.69) is 39.5 Å². The number of halogens is 1. The van der Waals surface area contributed by atoms with Crippen molar-refractivity contribution in [3.8, 4) is 28.3 Å². The molecule has 0 aliphatic carbocycles. The van der Waals surface area contributed by atoms with Crippen molar-refractivity contribution < 1.29 is 4.39 Å². The van der Waals surface area contributed by atoms with Crippen LogP contribution in [0.3, 0.4) is 0 Å². The summed E-state index contributed by atoms with van der Waals surface area (Å²) >= 11 is 0. The van der Waals surface area contributed by atoms with Crippen molar-refractivity contribution in [3.05, 3.63) is 90.4 Å². The Hall–Kier alpha value is -4.14. The van der Waals surface area contributed by atoms with Crippen LogP contribution in [0.1, 0.15) is 32.3 Å². The van der Waals surface area contributed by atoms with Gasteiger partial charge in [-0.25, -0.2) is 19.3 Å². The third-order valence-corrected chi connectivity index (χ3v) is 8.11. The number of hydrogen-bond acceptors (Lipinski definition) is 6. The number of nitrogens with one attached hydrogen (secondary N) is 1. The number of rotatable bonds is 5. The molecule has 2 aromatic carbocycles. The van der Waals surface area contributed by atoms with Crippen molar-refractivity contribution in [3.63, 3.8) is 0 Å². The minimum Gasteiger partial charge on any atom is -0.383 e. The van der Waals surface area contributed by atoms with Crippen LogP contribution in [0.2, 0.25) is 0 Å². The summed E-state index contributed by atoms with van der Waals surface area (Å²) in [6.07, 6.45) is 4.24. The molecule has 0 bridgehead atoms. The predicted molar refractivity (Wildman–Crippen MR) is 163 cm³/mol. The fraction of sp³-hybridized carbons (Fsp3) is 0.303. The maximum Gasteiger partial charge on any atom is 0.165 e. The Morgan fingerprint density at radius 3 is 2.34 bits per heavy atom. The maximum atomic E-state index is 13.5. The molecule has 7 nitrogen and oxygen atoms in total. The summed E-state index contributed by atoms with van der Waals surface area (Å²) in [7, 11) is 0. The molecule has 2 fully saturated rings. The molecule has 5 heterocycles. The monoisotopic (exact) mass is 549 g/mol. The first-order chi connectivity index (χ1) is 20.1. The average Bonchev–Trinajstić information content (AvgIpc) is 3.37. The average molecular weight is 550 g/mol. The minimum atomic E-state index is -0.275. The number of hydrogen-bond donors (Lipinski definition) is 2. The second-order valence-corrected chi connectivity index (χ2v) is 10.8. The van der Waals surface area contributed by atoms with Crippen LogP contribution in [0.25, 0.3) is 39.5 Å². The number of nitrogen functional groups attached to an aromatic ring is 1. The van der Waals surface area contributed by atoms with E-state index in [4.69, 9.17) is 15.7 Å². The number of nitrogens with two attached hydrogens (primary N) is 1. The Morgan fingerprint density at radius 2 is 1.63 bits per heavy atom. The van der Waals surface area contributed by atoms with Crippen LogP contribution in [-0.2, 0) is 6.54 Å². The van der Waals surface area contributed by atoms with E-state index in [0.717, 1.165) is 47.7 Å². The fourth-order valence-electron chi connectivity index (χ4n) is 6.07. The van der Waals surface area contributed by atoms with Gasteiger partial charge in [0, 0.05) is 37.1 Å². The first-order valence-electron chi connectivity index (χ1n) is 14.5. The lowest BCUT2D eigenvalue weighted by Gasteiger charge is -2.52. The molecule has 0 amide bonds. The summed E-state index contributed by atoms with van der Waals surface area (Å²) in [6.45, 7) is 9.60. The third-order valence-electron chi connectivity index (χ3n) is 8.11. The highest BCUT2D eigenvalue weighted by Crippen LogP contribution is 2.39. The lowest BCUT2D eigenvalue weighted by molar-refractivity contribution is -0.0282. The van der Waals surface area contributed by atoms with Gasteiger partial charge >= 0.3 is 0 Å². The maximum absolute atomic E-state index is 13.5. The molecule has 2 aliphatic heterocycles. The Bertz CT molecular complexity index is 1630. The lowest BCUT2D eigenvalue weighted by atomic mass is 9.72. The van der Waals surface area contributed by atoms with Gasteiger partial charge in [-0.05, 0) is 97.6 Å². The molecule has 2 aliphatic rings. The highest BCUT2D eigenvalue weighted by Gasteiger charge is 2.42. The van der Waals surface area contributed by atoms with Crippen LogP contribution in [0.5, 0.6) is 0 Å². The molecule has 210 valence electrons. The topological polar surface area (TPSA) is 84.9 Å². The van der Waals surface area contributed by atoms with Crippen molar-refractivity contribution in [2.45, 2.75) is 33.2 Å². The zero-order valence-corrected chi connectivity index (χ0v) is 23.6. The number of nitrogens with zero attached hydrogens (tertiary/aromatic N) is 5. The molecule has 2 saturated heterocycles. The number of benzene rings is 2. The molecule has 0 atom stereocenters. The van der Waals surface area contributed by atoms with E-state index in [1.54, 1.807) is 18.3 Å². The highest BCUT2D eigenvalue weighted by molar-refractivity contribution is 5.84. The first-order valence-corrected chi connectivity index (χ1v) is 14.5. The molecular formula is C33H36FN7. The number of pyridine rings is 2. The van der Waals surface area contributed by atoms with Gasteiger partial charge in [-0.2, -0.15) is 0 Å². The fourth-order valence-corrected chi connectivity index (χ4v) is 6.07. The largest absolute Gasteiger partial charge is 0.383 e. The van der Waals surface area contributed by atoms with Gasteiger partial charge < -0.3 is 11.1 Å². The van der Waals surface area contributed by atoms with Gasteiger partial charge in [-0.1, -0.05) is 26.0 Å². The van der Waals surface area contributed by atoms with Crippen molar-refractivity contribution in [2.75, 3.05) is 31.9 Å². The van der Waals surface area contributed by atoms with Crippen LogP contribution in [0.15, 0.2) is 79.0 Å². The van der Waals surface area contributed by atoms with E-state index >= 15 is 0 Å². The van der Waals surface area contributed by atoms with Crippen molar-refractivity contribution in [2.24, 2.45) is 5.41 Å². The van der Waals surface area contributed by atoms with Gasteiger partial charge in [0.2, 0.25) is 0 Å². The van der Waals surface area contributed by atoms with E-state index in [0.29, 0.717) is 22.7 Å². The number of anilines is 1. The van der Waals surface area contributed by atoms with E-state index in [1.807, 2.05) is 42.7 Å². The molecule has 1 spiro atoms. The van der Waals surface area contributed by atoms with E-state index < -0.39 is 0 Å². The molecule has 3 aromatic heterocycles. The van der Waals surface area contributed by atoms with E-state index in [1.165, 1.54) is 43.6 Å². The van der Waals surface area contributed by atoms with Crippen LogP contribution < -0.4 is 11.1 Å². The molecule has 5 aromatic rings. The molecule has 0 radical (unpaired) electrons. The van der Waals surface area contributed by atoms with Gasteiger partial charge in [-0.15, -0.1) is 0 Å². The van der Waals surface area contributed by atoms with Crippen molar-refractivity contribution >= 4 is 17.0 Å². The molecule has 0 saturated carbocycles. The summed E-state index contributed by atoms with van der Waals surface area (Å²) < 4.78 is 15.6. The van der Waals surface area contributed by atoms with Gasteiger partial charge in [0.25, 0.3) is 0 Å². The van der Waals surface area contributed by atoms with Crippen LogP contribution in [0, 0.1) is 11.2 Å². The summed E-state index contributed by atoms with van der Waals surface area (Å²) in [5.41, 5.74) is 12.8. The zero-order chi connectivity index (χ0) is 28.4. The Balaban J connectivity index is 0.00000148. The van der Waals surface area contributed by atoms with E-state index in [-0.39, 0.29) is 5.82 Å². The van der Waals surface area contributed by atoms with Crippen LogP contribution >= 0.6 is 0 Å². The predicted octanol–water partition coefficient (Wildman–Crippen LogP) is 6.08. The summed E-state index contributed by atoms with van der Waals surface area (Å²) in [6, 6.07) is 22.6. The van der Waals surface area contributed by atoms with E-state index in [9.17, 15) is 4.39 Å². The smallest absolute Gasteiger partial charge is 0.165 e. The SMILES string of the molecule is CC.Nc1ncccc1-c1nc2ccc(-c3ccc(F)cc3)nc2n1-c1ccc(CN2CC3(CCNCC3)C2)cc1.